The Balaban J connectivity index is 1.97. The van der Waals surface area contributed by atoms with E-state index in [1.54, 1.807) is 24.3 Å². The van der Waals surface area contributed by atoms with Crippen LogP contribution in [0, 0.1) is 6.92 Å². The molecule has 5 heteroatoms. The number of hydrogen-bond donors (Lipinski definition) is 1. The zero-order chi connectivity index (χ0) is 18.4. The molecular formula is C21H22N2O3. The summed E-state index contributed by atoms with van der Waals surface area (Å²) in [7, 11) is 0. The maximum atomic E-state index is 12.7. The lowest BCUT2D eigenvalue weighted by molar-refractivity contribution is 0.475. The number of anilines is 2. The van der Waals surface area contributed by atoms with Gasteiger partial charge in [0.05, 0.1) is 23.6 Å². The van der Waals surface area contributed by atoms with E-state index < -0.39 is 0 Å². The molecular weight excluding hydrogens is 328 g/mol. The van der Waals surface area contributed by atoms with E-state index >= 15 is 0 Å². The summed E-state index contributed by atoms with van der Waals surface area (Å²) in [6.45, 7) is 8.92. The molecule has 0 fully saturated rings. The highest BCUT2D eigenvalue weighted by Gasteiger charge is 2.26. The normalized spacial score (nSPS) is 13.5. The molecule has 134 valence electrons. The molecule has 5 nitrogen and oxygen atoms in total. The molecule has 0 bridgehead atoms. The monoisotopic (exact) mass is 350 g/mol. The molecule has 1 aliphatic heterocycles. The molecule has 0 spiro atoms. The van der Waals surface area contributed by atoms with Crippen LogP contribution < -0.4 is 15.4 Å². The largest absolute Gasteiger partial charge is 0.508 e. The van der Waals surface area contributed by atoms with E-state index in [1.807, 2.05) is 13.0 Å². The van der Waals surface area contributed by atoms with Crippen molar-refractivity contribution in [2.75, 3.05) is 29.6 Å². The van der Waals surface area contributed by atoms with Crippen molar-refractivity contribution in [3.63, 3.8) is 0 Å². The van der Waals surface area contributed by atoms with Crippen molar-refractivity contribution < 1.29 is 9.52 Å². The Bertz CT molecular complexity index is 1040. The Morgan fingerprint density at radius 3 is 2.27 bits per heavy atom. The first-order valence-electron chi connectivity index (χ1n) is 8.94. The van der Waals surface area contributed by atoms with Crippen molar-refractivity contribution >= 4 is 22.3 Å². The fraction of sp³-hybridized carbons (Fsp3) is 0.286. The maximum Gasteiger partial charge on any atom is 0.344 e. The molecule has 26 heavy (non-hydrogen) atoms. The molecule has 0 saturated heterocycles. The van der Waals surface area contributed by atoms with Gasteiger partial charge in [0.2, 0.25) is 0 Å². The van der Waals surface area contributed by atoms with Crippen molar-refractivity contribution in [1.82, 2.24) is 0 Å². The predicted octanol–water partition coefficient (Wildman–Crippen LogP) is 4.10. The third-order valence-corrected chi connectivity index (χ3v) is 5.20. The number of fused-ring (bicyclic) bond motifs is 2. The van der Waals surface area contributed by atoms with Gasteiger partial charge in [-0.05, 0) is 50.1 Å². The summed E-state index contributed by atoms with van der Waals surface area (Å²) < 4.78 is 5.68. The van der Waals surface area contributed by atoms with Crippen LogP contribution in [0.3, 0.4) is 0 Å². The smallest absolute Gasteiger partial charge is 0.344 e. The van der Waals surface area contributed by atoms with Crippen LogP contribution in [-0.4, -0.2) is 24.9 Å². The zero-order valence-electron chi connectivity index (χ0n) is 15.2. The first-order chi connectivity index (χ1) is 12.5. The predicted molar refractivity (Wildman–Crippen MR) is 105 cm³/mol. The molecule has 4 rings (SSSR count). The van der Waals surface area contributed by atoms with Crippen molar-refractivity contribution in [3.05, 3.63) is 52.4 Å². The zero-order valence-corrected chi connectivity index (χ0v) is 15.2. The second-order valence-electron chi connectivity index (χ2n) is 6.63. The second kappa shape index (κ2) is 6.09. The van der Waals surface area contributed by atoms with Gasteiger partial charge in [-0.25, -0.2) is 4.79 Å². The molecule has 0 amide bonds. The molecule has 0 saturated carbocycles. The van der Waals surface area contributed by atoms with E-state index in [9.17, 15) is 9.90 Å². The number of nitrogens with zero attached hydrogens (tertiary/aromatic N) is 2. The summed E-state index contributed by atoms with van der Waals surface area (Å²) in [6, 6.07) is 10.8. The van der Waals surface area contributed by atoms with Gasteiger partial charge in [-0.2, -0.15) is 0 Å². The molecule has 0 aliphatic carbocycles. The fourth-order valence-corrected chi connectivity index (χ4v) is 3.74. The van der Waals surface area contributed by atoms with Gasteiger partial charge in [0, 0.05) is 24.5 Å². The summed E-state index contributed by atoms with van der Waals surface area (Å²) in [5.74, 6) is 0.174. The number of hydrogen-bond acceptors (Lipinski definition) is 5. The molecule has 1 aromatic heterocycles. The van der Waals surface area contributed by atoms with Gasteiger partial charge in [0.25, 0.3) is 0 Å². The number of phenols is 1. The lowest BCUT2D eigenvalue weighted by atomic mass is 9.99. The standard InChI is InChI=1S/C21H22N2O3/c1-4-22-12-23(5-2)18-11-19-16(10-17(18)22)13(3)20(21(25)26-19)14-6-8-15(24)9-7-14/h6-11,24H,4-5,12H2,1-3H3. The van der Waals surface area contributed by atoms with Gasteiger partial charge in [-0.1, -0.05) is 12.1 Å². The Hall–Kier alpha value is -2.95. The van der Waals surface area contributed by atoms with Gasteiger partial charge in [0.1, 0.15) is 11.3 Å². The Morgan fingerprint density at radius 2 is 1.65 bits per heavy atom. The number of benzene rings is 2. The van der Waals surface area contributed by atoms with Crippen LogP contribution in [-0.2, 0) is 0 Å². The minimum absolute atomic E-state index is 0.174. The Labute approximate surface area is 152 Å². The third kappa shape index (κ3) is 2.43. The lowest BCUT2D eigenvalue weighted by Gasteiger charge is -2.18. The summed E-state index contributed by atoms with van der Waals surface area (Å²) in [4.78, 5) is 17.3. The highest BCUT2D eigenvalue weighted by Crippen LogP contribution is 2.40. The van der Waals surface area contributed by atoms with Crippen LogP contribution in [0.5, 0.6) is 5.75 Å². The number of aromatic hydroxyl groups is 1. The first-order valence-corrected chi connectivity index (χ1v) is 8.94. The second-order valence-corrected chi connectivity index (χ2v) is 6.63. The molecule has 1 aliphatic rings. The number of rotatable bonds is 3. The van der Waals surface area contributed by atoms with Gasteiger partial charge < -0.3 is 19.3 Å². The molecule has 2 aromatic carbocycles. The van der Waals surface area contributed by atoms with Crippen LogP contribution in [0.1, 0.15) is 19.4 Å². The quantitative estimate of drug-likeness (QED) is 0.721. The average Bonchev–Trinajstić information content (AvgIpc) is 2.99. The lowest BCUT2D eigenvalue weighted by Crippen LogP contribution is -2.30. The van der Waals surface area contributed by atoms with Gasteiger partial charge in [-0.15, -0.1) is 0 Å². The van der Waals surface area contributed by atoms with E-state index in [4.69, 9.17) is 4.42 Å². The molecule has 2 heterocycles. The van der Waals surface area contributed by atoms with E-state index in [-0.39, 0.29) is 11.4 Å². The van der Waals surface area contributed by atoms with Gasteiger partial charge >= 0.3 is 5.63 Å². The minimum atomic E-state index is -0.353. The van der Waals surface area contributed by atoms with Crippen LogP contribution in [0.4, 0.5) is 11.4 Å². The summed E-state index contributed by atoms with van der Waals surface area (Å²) in [5.41, 5.74) is 4.75. The van der Waals surface area contributed by atoms with E-state index in [0.29, 0.717) is 11.1 Å². The molecule has 0 atom stereocenters. The summed E-state index contributed by atoms with van der Waals surface area (Å²) in [6.07, 6.45) is 0. The van der Waals surface area contributed by atoms with Gasteiger partial charge in [0.15, 0.2) is 0 Å². The molecule has 0 unspecified atom stereocenters. The van der Waals surface area contributed by atoms with Crippen LogP contribution in [0.15, 0.2) is 45.6 Å². The van der Waals surface area contributed by atoms with Crippen LogP contribution in [0.2, 0.25) is 0 Å². The fourth-order valence-electron chi connectivity index (χ4n) is 3.74. The topological polar surface area (TPSA) is 56.9 Å². The Morgan fingerprint density at radius 1 is 1.04 bits per heavy atom. The van der Waals surface area contributed by atoms with Gasteiger partial charge in [-0.3, -0.25) is 0 Å². The molecule has 1 N–H and O–H groups in total. The van der Waals surface area contributed by atoms with Crippen molar-refractivity contribution in [1.29, 1.82) is 0 Å². The Kier molecular flexibility index (Phi) is 3.87. The van der Waals surface area contributed by atoms with Crippen molar-refractivity contribution in [3.8, 4) is 16.9 Å². The van der Waals surface area contributed by atoms with Crippen LogP contribution >= 0.6 is 0 Å². The van der Waals surface area contributed by atoms with Crippen molar-refractivity contribution in [2.24, 2.45) is 0 Å². The number of aryl methyl sites for hydroxylation is 1. The molecule has 3 aromatic rings. The average molecular weight is 350 g/mol. The summed E-state index contributed by atoms with van der Waals surface area (Å²) >= 11 is 0. The maximum absolute atomic E-state index is 12.7. The molecule has 0 radical (unpaired) electrons. The third-order valence-electron chi connectivity index (χ3n) is 5.20. The highest BCUT2D eigenvalue weighted by molar-refractivity contribution is 5.95. The minimum Gasteiger partial charge on any atom is -0.508 e. The SMILES string of the molecule is CCN1CN(CC)c2cc3c(C)c(-c4ccc(O)cc4)c(=O)oc3cc21. The van der Waals surface area contributed by atoms with E-state index in [0.717, 1.165) is 42.0 Å². The van der Waals surface area contributed by atoms with Crippen LogP contribution in [0.25, 0.3) is 22.1 Å². The van der Waals surface area contributed by atoms with Crippen molar-refractivity contribution in [2.45, 2.75) is 20.8 Å². The first kappa shape index (κ1) is 16.5. The summed E-state index contributed by atoms with van der Waals surface area (Å²) in [5, 5.41) is 10.5. The number of phenolic OH excluding ortho intramolecular Hbond substituents is 1. The van der Waals surface area contributed by atoms with E-state index in [2.05, 4.69) is 29.7 Å². The van der Waals surface area contributed by atoms with E-state index in [1.165, 1.54) is 5.69 Å². The highest BCUT2D eigenvalue weighted by atomic mass is 16.4.